The molecular weight excluding hydrogens is 286 g/mol. The molecule has 120 valence electrons. The van der Waals surface area contributed by atoms with Gasteiger partial charge in [-0.05, 0) is 33.6 Å². The predicted molar refractivity (Wildman–Crippen MR) is 77.8 cm³/mol. The van der Waals surface area contributed by atoms with E-state index in [1.54, 1.807) is 9.47 Å². The van der Waals surface area contributed by atoms with Gasteiger partial charge in [-0.1, -0.05) is 0 Å². The molecule has 1 aliphatic heterocycles. The fourth-order valence-corrected chi connectivity index (χ4v) is 2.70. The van der Waals surface area contributed by atoms with Crippen LogP contribution in [0.5, 0.6) is 0 Å². The standard InChI is InChI=1S/C15H21N3O4/c1-15(2,3)22-14(21)17-6-7-18-10(8-17)16-11(9-4-5-9)12(18)13(19)20/h9H,4-8H2,1-3H3,(H,19,20). The van der Waals surface area contributed by atoms with Crippen LogP contribution in [0.1, 0.15) is 61.5 Å². The number of carboxylic acid groups (broad SMARTS) is 1. The van der Waals surface area contributed by atoms with Crippen molar-refractivity contribution in [3.63, 3.8) is 0 Å². The van der Waals surface area contributed by atoms with Gasteiger partial charge in [0, 0.05) is 19.0 Å². The second-order valence-electron chi connectivity index (χ2n) is 6.89. The van der Waals surface area contributed by atoms with Crippen molar-refractivity contribution in [2.75, 3.05) is 6.54 Å². The van der Waals surface area contributed by atoms with Gasteiger partial charge in [0.05, 0.1) is 12.2 Å². The minimum Gasteiger partial charge on any atom is -0.477 e. The van der Waals surface area contributed by atoms with Crippen LogP contribution in [0.3, 0.4) is 0 Å². The van der Waals surface area contributed by atoms with Gasteiger partial charge in [-0.15, -0.1) is 0 Å². The highest BCUT2D eigenvalue weighted by Gasteiger charge is 2.36. The molecule has 1 N–H and O–H groups in total. The molecule has 7 heteroatoms. The number of fused-ring (bicyclic) bond motifs is 1. The summed E-state index contributed by atoms with van der Waals surface area (Å²) in [6.07, 6.45) is 1.60. The van der Waals surface area contributed by atoms with Gasteiger partial charge in [0.1, 0.15) is 11.4 Å². The van der Waals surface area contributed by atoms with Crippen molar-refractivity contribution in [2.24, 2.45) is 0 Å². The molecule has 0 atom stereocenters. The average Bonchev–Trinajstić information content (AvgIpc) is 3.16. The van der Waals surface area contributed by atoms with Crippen LogP contribution in [0, 0.1) is 0 Å². The number of ether oxygens (including phenoxy) is 1. The number of amides is 1. The molecule has 3 rings (SSSR count). The third-order valence-electron chi connectivity index (χ3n) is 3.82. The van der Waals surface area contributed by atoms with Crippen molar-refractivity contribution in [3.05, 3.63) is 17.2 Å². The van der Waals surface area contributed by atoms with Crippen LogP contribution < -0.4 is 0 Å². The van der Waals surface area contributed by atoms with E-state index in [-0.39, 0.29) is 12.0 Å². The first-order valence-corrected chi connectivity index (χ1v) is 7.57. The van der Waals surface area contributed by atoms with Crippen molar-refractivity contribution < 1.29 is 19.4 Å². The van der Waals surface area contributed by atoms with Gasteiger partial charge in [0.2, 0.25) is 0 Å². The summed E-state index contributed by atoms with van der Waals surface area (Å²) in [7, 11) is 0. The Bertz CT molecular complexity index is 625. The molecule has 0 saturated heterocycles. The number of carbonyl (C=O) groups is 2. The summed E-state index contributed by atoms with van der Waals surface area (Å²) in [5, 5.41) is 9.45. The highest BCUT2D eigenvalue weighted by atomic mass is 16.6. The molecule has 22 heavy (non-hydrogen) atoms. The largest absolute Gasteiger partial charge is 0.477 e. The number of imidazole rings is 1. The third kappa shape index (κ3) is 2.80. The zero-order valence-corrected chi connectivity index (χ0v) is 13.1. The molecule has 7 nitrogen and oxygen atoms in total. The van der Waals surface area contributed by atoms with Gasteiger partial charge < -0.3 is 14.4 Å². The topological polar surface area (TPSA) is 84.7 Å². The average molecular weight is 307 g/mol. The van der Waals surface area contributed by atoms with E-state index in [4.69, 9.17) is 4.74 Å². The highest BCUT2D eigenvalue weighted by Crippen LogP contribution is 2.41. The normalized spacial score (nSPS) is 18.0. The summed E-state index contributed by atoms with van der Waals surface area (Å²) in [5.41, 5.74) is 0.421. The molecule has 0 spiro atoms. The lowest BCUT2D eigenvalue weighted by Gasteiger charge is -2.30. The van der Waals surface area contributed by atoms with E-state index in [1.807, 2.05) is 20.8 Å². The molecule has 1 aliphatic carbocycles. The molecule has 0 aromatic carbocycles. The first-order chi connectivity index (χ1) is 10.3. The Morgan fingerprint density at radius 1 is 1.27 bits per heavy atom. The Hall–Kier alpha value is -2.05. The quantitative estimate of drug-likeness (QED) is 0.905. The third-order valence-corrected chi connectivity index (χ3v) is 3.82. The maximum absolute atomic E-state index is 12.1. The summed E-state index contributed by atoms with van der Waals surface area (Å²) in [5.74, 6) is -0.0399. The summed E-state index contributed by atoms with van der Waals surface area (Å²) in [4.78, 5) is 29.7. The first-order valence-electron chi connectivity index (χ1n) is 7.57. The van der Waals surface area contributed by atoms with E-state index < -0.39 is 11.6 Å². The van der Waals surface area contributed by atoms with Gasteiger partial charge in [0.15, 0.2) is 5.69 Å². The summed E-state index contributed by atoms with van der Waals surface area (Å²) in [6, 6.07) is 0. The zero-order chi connectivity index (χ0) is 16.1. The van der Waals surface area contributed by atoms with E-state index in [1.165, 1.54) is 0 Å². The predicted octanol–water partition coefficient (Wildman–Crippen LogP) is 2.21. The monoisotopic (exact) mass is 307 g/mol. The van der Waals surface area contributed by atoms with Gasteiger partial charge in [-0.25, -0.2) is 14.6 Å². The van der Waals surface area contributed by atoms with Crippen LogP contribution >= 0.6 is 0 Å². The SMILES string of the molecule is CC(C)(C)OC(=O)N1CCn2c(nc(C3CC3)c2C(=O)O)C1. The molecule has 1 aromatic heterocycles. The van der Waals surface area contributed by atoms with E-state index in [2.05, 4.69) is 4.98 Å². The van der Waals surface area contributed by atoms with Gasteiger partial charge >= 0.3 is 12.1 Å². The number of aromatic carboxylic acids is 1. The second kappa shape index (κ2) is 5.00. The Balaban J connectivity index is 1.83. The van der Waals surface area contributed by atoms with Gasteiger partial charge in [0.25, 0.3) is 0 Å². The summed E-state index contributed by atoms with van der Waals surface area (Å²) < 4.78 is 7.10. The van der Waals surface area contributed by atoms with E-state index in [9.17, 15) is 14.7 Å². The number of hydrogen-bond donors (Lipinski definition) is 1. The van der Waals surface area contributed by atoms with Crippen molar-refractivity contribution in [2.45, 2.75) is 58.2 Å². The molecule has 2 heterocycles. The fraction of sp³-hybridized carbons (Fsp3) is 0.667. The maximum atomic E-state index is 12.1. The van der Waals surface area contributed by atoms with E-state index >= 15 is 0 Å². The van der Waals surface area contributed by atoms with Gasteiger partial charge in [-0.2, -0.15) is 0 Å². The summed E-state index contributed by atoms with van der Waals surface area (Å²) in [6.45, 7) is 6.64. The molecule has 0 radical (unpaired) electrons. The smallest absolute Gasteiger partial charge is 0.410 e. The lowest BCUT2D eigenvalue weighted by atomic mass is 10.2. The van der Waals surface area contributed by atoms with Crippen LogP contribution in [-0.2, 0) is 17.8 Å². The van der Waals surface area contributed by atoms with Crippen molar-refractivity contribution >= 4 is 12.1 Å². The first kappa shape index (κ1) is 14.9. The van der Waals surface area contributed by atoms with Crippen LogP contribution in [0.2, 0.25) is 0 Å². The molecule has 0 unspecified atom stereocenters. The molecule has 1 aromatic rings. The number of rotatable bonds is 2. The van der Waals surface area contributed by atoms with Crippen molar-refractivity contribution in [1.29, 1.82) is 0 Å². The van der Waals surface area contributed by atoms with Gasteiger partial charge in [-0.3, -0.25) is 4.90 Å². The van der Waals surface area contributed by atoms with Crippen molar-refractivity contribution in [3.8, 4) is 0 Å². The highest BCUT2D eigenvalue weighted by molar-refractivity contribution is 5.87. The number of carbonyl (C=O) groups excluding carboxylic acids is 1. The minimum atomic E-state index is -0.939. The molecule has 1 saturated carbocycles. The number of nitrogens with zero attached hydrogens (tertiary/aromatic N) is 3. The minimum absolute atomic E-state index is 0.263. The Morgan fingerprint density at radius 2 is 1.95 bits per heavy atom. The Labute approximate surface area is 128 Å². The lowest BCUT2D eigenvalue weighted by molar-refractivity contribution is 0.0194. The lowest BCUT2D eigenvalue weighted by Crippen LogP contribution is -2.42. The molecule has 1 amide bonds. The van der Waals surface area contributed by atoms with Crippen LogP contribution in [0.4, 0.5) is 4.79 Å². The molecule has 0 bridgehead atoms. The molecule has 1 fully saturated rings. The van der Waals surface area contributed by atoms with E-state index in [0.717, 1.165) is 12.8 Å². The van der Waals surface area contributed by atoms with Crippen LogP contribution in [-0.4, -0.2) is 43.8 Å². The molecular formula is C15H21N3O4. The van der Waals surface area contributed by atoms with E-state index in [0.29, 0.717) is 36.8 Å². The Kier molecular flexibility index (Phi) is 3.38. The fourth-order valence-electron chi connectivity index (χ4n) is 2.70. The Morgan fingerprint density at radius 3 is 2.50 bits per heavy atom. The summed E-state index contributed by atoms with van der Waals surface area (Å²) >= 11 is 0. The maximum Gasteiger partial charge on any atom is 0.410 e. The number of hydrogen-bond acceptors (Lipinski definition) is 4. The number of aromatic nitrogens is 2. The van der Waals surface area contributed by atoms with Crippen LogP contribution in [0.15, 0.2) is 0 Å². The zero-order valence-electron chi connectivity index (χ0n) is 13.1. The van der Waals surface area contributed by atoms with Crippen LogP contribution in [0.25, 0.3) is 0 Å². The number of carboxylic acids is 1. The second-order valence-corrected chi connectivity index (χ2v) is 6.89. The molecule has 2 aliphatic rings. The van der Waals surface area contributed by atoms with Crippen molar-refractivity contribution in [1.82, 2.24) is 14.5 Å².